The van der Waals surface area contributed by atoms with Crippen LogP contribution in [0.3, 0.4) is 0 Å². The maximum atomic E-state index is 5.97. The predicted octanol–water partition coefficient (Wildman–Crippen LogP) is 8.08. The minimum atomic E-state index is 0.300. The third kappa shape index (κ3) is 20.2. The lowest BCUT2D eigenvalue weighted by Gasteiger charge is -2.16. The van der Waals surface area contributed by atoms with Crippen LogP contribution in [-0.4, -0.2) is 25.9 Å². The van der Waals surface area contributed by atoms with Gasteiger partial charge in [0, 0.05) is 13.2 Å². The molecule has 0 aromatic heterocycles. The Morgan fingerprint density at radius 3 is 1.38 bits per heavy atom. The summed E-state index contributed by atoms with van der Waals surface area (Å²) in [4.78, 5) is 0. The van der Waals surface area contributed by atoms with E-state index in [0.717, 1.165) is 26.2 Å². The summed E-state index contributed by atoms with van der Waals surface area (Å²) < 4.78 is 11.8. The van der Waals surface area contributed by atoms with Gasteiger partial charge in [0.1, 0.15) is 0 Å². The molecule has 0 amide bonds. The Balaban J connectivity index is 3.26. The van der Waals surface area contributed by atoms with Gasteiger partial charge in [-0.15, -0.1) is 0 Å². The number of unbranched alkanes of at least 4 members (excludes halogenated alkanes) is 14. The van der Waals surface area contributed by atoms with Crippen LogP contribution in [0.1, 0.15) is 130 Å². The largest absolute Gasteiger partial charge is 0.379 e. The molecule has 0 bridgehead atoms. The second kappa shape index (κ2) is 23.0. The van der Waals surface area contributed by atoms with Gasteiger partial charge in [-0.05, 0) is 19.3 Å². The molecule has 0 N–H and O–H groups in total. The van der Waals surface area contributed by atoms with E-state index in [2.05, 4.69) is 20.8 Å². The molecule has 2 nitrogen and oxygen atoms in total. The zero-order chi connectivity index (χ0) is 19.1. The van der Waals surface area contributed by atoms with Crippen molar-refractivity contribution in [1.82, 2.24) is 0 Å². The molecular weight excluding hydrogens is 320 g/mol. The average Bonchev–Trinajstić information content (AvgIpc) is 2.66. The molecule has 0 aliphatic rings. The van der Waals surface area contributed by atoms with Gasteiger partial charge < -0.3 is 9.47 Å². The van der Waals surface area contributed by atoms with E-state index < -0.39 is 0 Å². The Bertz CT molecular complexity index is 242. The van der Waals surface area contributed by atoms with Gasteiger partial charge in [-0.1, -0.05) is 111 Å². The van der Waals surface area contributed by atoms with Crippen molar-refractivity contribution in [2.24, 2.45) is 0 Å². The van der Waals surface area contributed by atoms with Crippen molar-refractivity contribution in [2.45, 2.75) is 136 Å². The molecule has 0 aromatic rings. The fourth-order valence-electron chi connectivity index (χ4n) is 3.32. The van der Waals surface area contributed by atoms with Crippen LogP contribution in [0.15, 0.2) is 0 Å². The average molecular weight is 371 g/mol. The Hall–Kier alpha value is -0.0800. The molecule has 0 heterocycles. The van der Waals surface area contributed by atoms with E-state index in [4.69, 9.17) is 9.47 Å². The first-order valence-electron chi connectivity index (χ1n) is 12.0. The van der Waals surface area contributed by atoms with E-state index in [1.165, 1.54) is 103 Å². The molecule has 158 valence electrons. The van der Waals surface area contributed by atoms with Crippen LogP contribution < -0.4 is 0 Å². The zero-order valence-corrected chi connectivity index (χ0v) is 18.5. The highest BCUT2D eigenvalue weighted by Gasteiger charge is 2.06. The summed E-state index contributed by atoms with van der Waals surface area (Å²) >= 11 is 0. The van der Waals surface area contributed by atoms with E-state index in [0.29, 0.717) is 6.10 Å². The summed E-state index contributed by atoms with van der Waals surface area (Å²) in [5, 5.41) is 0. The lowest BCUT2D eigenvalue weighted by atomic mass is 10.1. The van der Waals surface area contributed by atoms with E-state index in [-0.39, 0.29) is 0 Å². The maximum Gasteiger partial charge on any atom is 0.0805 e. The molecule has 0 saturated heterocycles. The second-order valence-electron chi connectivity index (χ2n) is 7.93. The van der Waals surface area contributed by atoms with E-state index in [1.807, 2.05) is 0 Å². The topological polar surface area (TPSA) is 18.5 Å². The number of rotatable bonds is 22. The Kier molecular flexibility index (Phi) is 22.9. The van der Waals surface area contributed by atoms with Gasteiger partial charge in [0.25, 0.3) is 0 Å². The van der Waals surface area contributed by atoms with Crippen molar-refractivity contribution in [3.8, 4) is 0 Å². The van der Waals surface area contributed by atoms with E-state index >= 15 is 0 Å². The van der Waals surface area contributed by atoms with E-state index in [1.54, 1.807) is 0 Å². The first-order chi connectivity index (χ1) is 12.8. The summed E-state index contributed by atoms with van der Waals surface area (Å²) in [7, 11) is 0. The van der Waals surface area contributed by atoms with Crippen LogP contribution in [0.25, 0.3) is 0 Å². The molecule has 0 fully saturated rings. The standard InChI is InChI=1S/C24H50O2/c1-4-7-9-11-13-14-15-16-17-19-21-25-23-24(6-3)26-22-20-18-12-10-8-5-2/h24H,4-23H2,1-3H3. The third-order valence-corrected chi connectivity index (χ3v) is 5.25. The molecule has 2 heteroatoms. The number of hydrogen-bond acceptors (Lipinski definition) is 2. The van der Waals surface area contributed by atoms with Gasteiger partial charge >= 0.3 is 0 Å². The highest BCUT2D eigenvalue weighted by atomic mass is 16.5. The van der Waals surface area contributed by atoms with Gasteiger partial charge in [0.2, 0.25) is 0 Å². The fraction of sp³-hybridized carbons (Fsp3) is 1.00. The molecule has 0 aromatic carbocycles. The molecule has 0 saturated carbocycles. The molecule has 1 unspecified atom stereocenters. The van der Waals surface area contributed by atoms with Crippen molar-refractivity contribution >= 4 is 0 Å². The summed E-state index contributed by atoms with van der Waals surface area (Å²) in [6.07, 6.45) is 23.2. The predicted molar refractivity (Wildman–Crippen MR) is 116 cm³/mol. The van der Waals surface area contributed by atoms with Gasteiger partial charge in [0.05, 0.1) is 12.7 Å². The highest BCUT2D eigenvalue weighted by Crippen LogP contribution is 2.11. The molecule has 0 aliphatic carbocycles. The van der Waals surface area contributed by atoms with Crippen LogP contribution in [-0.2, 0) is 9.47 Å². The van der Waals surface area contributed by atoms with Crippen LogP contribution in [0, 0.1) is 0 Å². The second-order valence-corrected chi connectivity index (χ2v) is 7.93. The fourth-order valence-corrected chi connectivity index (χ4v) is 3.32. The maximum absolute atomic E-state index is 5.97. The normalized spacial score (nSPS) is 12.6. The highest BCUT2D eigenvalue weighted by molar-refractivity contribution is 4.55. The minimum absolute atomic E-state index is 0.300. The molecular formula is C24H50O2. The first-order valence-corrected chi connectivity index (χ1v) is 12.0. The van der Waals surface area contributed by atoms with Crippen molar-refractivity contribution < 1.29 is 9.47 Å². The smallest absolute Gasteiger partial charge is 0.0805 e. The molecule has 0 rings (SSSR count). The Morgan fingerprint density at radius 1 is 0.500 bits per heavy atom. The third-order valence-electron chi connectivity index (χ3n) is 5.25. The van der Waals surface area contributed by atoms with Gasteiger partial charge in [-0.3, -0.25) is 0 Å². The van der Waals surface area contributed by atoms with Gasteiger partial charge in [0.15, 0.2) is 0 Å². The van der Waals surface area contributed by atoms with Crippen LogP contribution >= 0.6 is 0 Å². The number of ether oxygens (including phenoxy) is 2. The summed E-state index contributed by atoms with van der Waals surface area (Å²) in [6, 6.07) is 0. The molecule has 0 aliphatic heterocycles. The van der Waals surface area contributed by atoms with Crippen LogP contribution in [0.4, 0.5) is 0 Å². The zero-order valence-electron chi connectivity index (χ0n) is 18.5. The van der Waals surface area contributed by atoms with Crippen molar-refractivity contribution in [2.75, 3.05) is 19.8 Å². The lowest BCUT2D eigenvalue weighted by Crippen LogP contribution is -2.20. The summed E-state index contributed by atoms with van der Waals surface area (Å²) in [6.45, 7) is 9.36. The Morgan fingerprint density at radius 2 is 0.923 bits per heavy atom. The summed E-state index contributed by atoms with van der Waals surface area (Å²) in [5.41, 5.74) is 0. The molecule has 0 spiro atoms. The molecule has 1 atom stereocenters. The molecule has 0 radical (unpaired) electrons. The monoisotopic (exact) mass is 370 g/mol. The van der Waals surface area contributed by atoms with E-state index in [9.17, 15) is 0 Å². The van der Waals surface area contributed by atoms with Gasteiger partial charge in [-0.25, -0.2) is 0 Å². The van der Waals surface area contributed by atoms with Crippen LogP contribution in [0.2, 0.25) is 0 Å². The SMILES string of the molecule is CCCCCCCCCCCCOCC(CC)OCCCCCCCC. The van der Waals surface area contributed by atoms with Crippen molar-refractivity contribution in [1.29, 1.82) is 0 Å². The Labute approximate surface area is 165 Å². The van der Waals surface area contributed by atoms with Gasteiger partial charge in [-0.2, -0.15) is 0 Å². The molecule has 26 heavy (non-hydrogen) atoms. The minimum Gasteiger partial charge on any atom is -0.379 e. The van der Waals surface area contributed by atoms with Crippen molar-refractivity contribution in [3.05, 3.63) is 0 Å². The lowest BCUT2D eigenvalue weighted by molar-refractivity contribution is -0.0200. The van der Waals surface area contributed by atoms with Crippen molar-refractivity contribution in [3.63, 3.8) is 0 Å². The van der Waals surface area contributed by atoms with Crippen LogP contribution in [0.5, 0.6) is 0 Å². The quantitative estimate of drug-likeness (QED) is 0.179. The summed E-state index contributed by atoms with van der Waals surface area (Å²) in [5.74, 6) is 0. The first kappa shape index (κ1) is 25.9. The number of hydrogen-bond donors (Lipinski definition) is 0.